The maximum Gasteiger partial charge on any atom is 0.172 e. The van der Waals surface area contributed by atoms with Crippen LogP contribution in [0.3, 0.4) is 0 Å². The Morgan fingerprint density at radius 1 is 1.21 bits per heavy atom. The van der Waals surface area contributed by atoms with E-state index in [0.29, 0.717) is 0 Å². The van der Waals surface area contributed by atoms with Crippen LogP contribution in [-0.2, 0) is 0 Å². The van der Waals surface area contributed by atoms with Crippen molar-refractivity contribution < 1.29 is 0 Å². The summed E-state index contributed by atoms with van der Waals surface area (Å²) in [5.41, 5.74) is 8.99. The first-order chi connectivity index (χ1) is 9.24. The lowest BCUT2D eigenvalue weighted by molar-refractivity contribution is 0.779. The lowest BCUT2D eigenvalue weighted by atomic mass is 10.2. The van der Waals surface area contributed by atoms with Gasteiger partial charge in [0.05, 0.1) is 11.0 Å². The van der Waals surface area contributed by atoms with Crippen molar-refractivity contribution in [1.82, 2.24) is 15.0 Å². The van der Waals surface area contributed by atoms with Crippen molar-refractivity contribution in [2.24, 2.45) is 5.73 Å². The second-order valence-electron chi connectivity index (χ2n) is 4.35. The van der Waals surface area contributed by atoms with Gasteiger partial charge in [0.25, 0.3) is 0 Å². The first kappa shape index (κ1) is 12.2. The molecule has 0 radical (unpaired) electrons. The molecule has 0 aliphatic heterocycles. The Morgan fingerprint density at radius 3 is 2.84 bits per heavy atom. The summed E-state index contributed by atoms with van der Waals surface area (Å²) in [6.45, 7) is 1.96. The Morgan fingerprint density at radius 2 is 2.05 bits per heavy atom. The van der Waals surface area contributed by atoms with Gasteiger partial charge in [0, 0.05) is 17.8 Å². The quantitative estimate of drug-likeness (QED) is 0.767. The number of para-hydroxylation sites is 2. The predicted molar refractivity (Wildman–Crippen MR) is 77.1 cm³/mol. The number of pyridine rings is 1. The molecule has 1 unspecified atom stereocenters. The molecule has 2 heterocycles. The fourth-order valence-corrected chi connectivity index (χ4v) is 2.88. The number of aromatic nitrogens is 3. The van der Waals surface area contributed by atoms with E-state index >= 15 is 0 Å². The molecule has 0 amide bonds. The van der Waals surface area contributed by atoms with Crippen LogP contribution in [0.25, 0.3) is 11.0 Å². The number of benzene rings is 1. The van der Waals surface area contributed by atoms with E-state index in [1.807, 2.05) is 43.3 Å². The normalized spacial score (nSPS) is 12.7. The number of fused-ring (bicyclic) bond motifs is 1. The van der Waals surface area contributed by atoms with E-state index in [9.17, 15) is 0 Å². The highest BCUT2D eigenvalue weighted by Crippen LogP contribution is 2.30. The van der Waals surface area contributed by atoms with E-state index in [4.69, 9.17) is 5.73 Å². The lowest BCUT2D eigenvalue weighted by Crippen LogP contribution is -2.07. The summed E-state index contributed by atoms with van der Waals surface area (Å²) < 4.78 is 0. The lowest BCUT2D eigenvalue weighted by Gasteiger charge is -2.09. The molecule has 3 aromatic rings. The molecule has 0 aliphatic carbocycles. The van der Waals surface area contributed by atoms with Gasteiger partial charge >= 0.3 is 0 Å². The van der Waals surface area contributed by atoms with Crippen LogP contribution in [0.5, 0.6) is 0 Å². The zero-order valence-electron chi connectivity index (χ0n) is 10.5. The maximum absolute atomic E-state index is 5.96. The molecule has 19 heavy (non-hydrogen) atoms. The van der Waals surface area contributed by atoms with Crippen LogP contribution in [-0.4, -0.2) is 15.0 Å². The fourth-order valence-electron chi connectivity index (χ4n) is 1.90. The van der Waals surface area contributed by atoms with Crippen LogP contribution in [0.4, 0.5) is 0 Å². The summed E-state index contributed by atoms with van der Waals surface area (Å²) >= 11 is 1.51. The number of hydrogen-bond acceptors (Lipinski definition) is 4. The summed E-state index contributed by atoms with van der Waals surface area (Å²) in [7, 11) is 0. The summed E-state index contributed by atoms with van der Waals surface area (Å²) in [5.74, 6) is 0. The summed E-state index contributed by atoms with van der Waals surface area (Å²) in [4.78, 5) is 12.2. The minimum Gasteiger partial charge on any atom is -0.333 e. The fraction of sp³-hybridized carbons (Fsp3) is 0.143. The van der Waals surface area contributed by atoms with E-state index < -0.39 is 0 Å². The highest BCUT2D eigenvalue weighted by molar-refractivity contribution is 7.99. The van der Waals surface area contributed by atoms with Crippen molar-refractivity contribution in [3.63, 3.8) is 0 Å². The van der Waals surface area contributed by atoms with Crippen LogP contribution < -0.4 is 5.73 Å². The molecule has 0 bridgehead atoms. The Hall–Kier alpha value is -1.85. The van der Waals surface area contributed by atoms with Crippen LogP contribution in [0.2, 0.25) is 0 Å². The Balaban J connectivity index is 1.97. The second-order valence-corrected chi connectivity index (χ2v) is 5.33. The Kier molecular flexibility index (Phi) is 3.23. The van der Waals surface area contributed by atoms with Gasteiger partial charge in [0.1, 0.15) is 5.03 Å². The maximum atomic E-state index is 5.96. The molecule has 0 spiro atoms. The van der Waals surface area contributed by atoms with Gasteiger partial charge in [-0.05, 0) is 36.9 Å². The smallest absolute Gasteiger partial charge is 0.172 e. The van der Waals surface area contributed by atoms with E-state index in [-0.39, 0.29) is 6.04 Å². The highest BCUT2D eigenvalue weighted by atomic mass is 32.2. The molecule has 4 nitrogen and oxygen atoms in total. The van der Waals surface area contributed by atoms with Gasteiger partial charge in [-0.15, -0.1) is 0 Å². The van der Waals surface area contributed by atoms with Crippen molar-refractivity contribution in [3.05, 3.63) is 48.2 Å². The minimum absolute atomic E-state index is 0.0411. The van der Waals surface area contributed by atoms with Gasteiger partial charge in [0.15, 0.2) is 5.16 Å². The first-order valence-electron chi connectivity index (χ1n) is 6.07. The summed E-state index contributed by atoms with van der Waals surface area (Å²) in [5, 5.41) is 1.73. The third-order valence-electron chi connectivity index (χ3n) is 2.85. The summed E-state index contributed by atoms with van der Waals surface area (Å²) in [6.07, 6.45) is 1.77. The number of hydrogen-bond donors (Lipinski definition) is 2. The third-order valence-corrected chi connectivity index (χ3v) is 3.77. The van der Waals surface area contributed by atoms with Crippen LogP contribution >= 0.6 is 11.8 Å². The number of H-pyrrole nitrogens is 1. The number of rotatable bonds is 3. The molecule has 5 heteroatoms. The average molecular weight is 270 g/mol. The van der Waals surface area contributed by atoms with Crippen LogP contribution in [0.15, 0.2) is 52.8 Å². The van der Waals surface area contributed by atoms with Gasteiger partial charge in [-0.3, -0.25) is 0 Å². The molecular formula is C14H14N4S. The van der Waals surface area contributed by atoms with Crippen LogP contribution in [0, 0.1) is 0 Å². The monoisotopic (exact) mass is 270 g/mol. The topological polar surface area (TPSA) is 67.6 Å². The van der Waals surface area contributed by atoms with Gasteiger partial charge in [-0.25, -0.2) is 9.97 Å². The van der Waals surface area contributed by atoms with Crippen molar-refractivity contribution in [2.45, 2.75) is 23.1 Å². The van der Waals surface area contributed by atoms with Gasteiger partial charge in [0.2, 0.25) is 0 Å². The standard InChI is InChI=1S/C14H14N4S/c1-9(15)10-5-4-8-16-13(10)19-14-17-11-6-2-3-7-12(11)18-14/h2-9H,15H2,1H3,(H,17,18). The predicted octanol–water partition coefficient (Wildman–Crippen LogP) is 3.13. The molecule has 3 rings (SSSR count). The minimum atomic E-state index is -0.0411. The molecule has 0 aliphatic rings. The van der Waals surface area contributed by atoms with Gasteiger partial charge in [-0.2, -0.15) is 0 Å². The SMILES string of the molecule is CC(N)c1cccnc1Sc1nc2ccccc2[nH]1. The third kappa shape index (κ3) is 2.47. The van der Waals surface area contributed by atoms with Crippen LogP contribution in [0.1, 0.15) is 18.5 Å². The zero-order chi connectivity index (χ0) is 13.2. The van der Waals surface area contributed by atoms with Gasteiger partial charge in [-0.1, -0.05) is 18.2 Å². The second kappa shape index (κ2) is 5.03. The van der Waals surface area contributed by atoms with Gasteiger partial charge < -0.3 is 10.7 Å². The summed E-state index contributed by atoms with van der Waals surface area (Å²) in [6, 6.07) is 11.8. The van der Waals surface area contributed by atoms with E-state index in [2.05, 4.69) is 15.0 Å². The van der Waals surface area contributed by atoms with Crippen molar-refractivity contribution in [3.8, 4) is 0 Å². The number of nitrogens with two attached hydrogens (primary N) is 1. The van der Waals surface area contributed by atoms with Crippen molar-refractivity contribution in [2.75, 3.05) is 0 Å². The molecule has 1 atom stereocenters. The van der Waals surface area contributed by atoms with E-state index in [0.717, 1.165) is 26.8 Å². The number of imidazole rings is 1. The molecule has 3 N–H and O–H groups in total. The highest BCUT2D eigenvalue weighted by Gasteiger charge is 2.11. The zero-order valence-corrected chi connectivity index (χ0v) is 11.3. The number of aromatic amines is 1. The molecule has 1 aromatic carbocycles. The molecular weight excluding hydrogens is 256 g/mol. The molecule has 96 valence electrons. The number of nitrogens with zero attached hydrogens (tertiary/aromatic N) is 2. The average Bonchev–Trinajstić information content (AvgIpc) is 2.81. The van der Waals surface area contributed by atoms with E-state index in [1.165, 1.54) is 11.8 Å². The molecule has 0 fully saturated rings. The molecule has 0 saturated carbocycles. The first-order valence-corrected chi connectivity index (χ1v) is 6.89. The number of nitrogens with one attached hydrogen (secondary N) is 1. The van der Waals surface area contributed by atoms with E-state index in [1.54, 1.807) is 6.20 Å². The van der Waals surface area contributed by atoms with Crippen molar-refractivity contribution in [1.29, 1.82) is 0 Å². The largest absolute Gasteiger partial charge is 0.333 e. The molecule has 0 saturated heterocycles. The Bertz CT molecular complexity index is 672. The Labute approximate surface area is 115 Å². The molecule has 2 aromatic heterocycles. The van der Waals surface area contributed by atoms with Crippen molar-refractivity contribution >= 4 is 22.8 Å².